The maximum Gasteiger partial charge on any atom is 0.176 e. The molecule has 0 aliphatic rings. The molecule has 2 aromatic rings. The standard InChI is InChI=1S/C9H13N7/c1-16-14-9(13-15-16)6-8(12-10)7-4-2-3-5-11-7/h2-5,8,12H,6,10H2,1H3. The highest BCUT2D eigenvalue weighted by Gasteiger charge is 2.14. The van der Waals surface area contributed by atoms with Gasteiger partial charge < -0.3 is 0 Å². The molecule has 3 N–H and O–H groups in total. The largest absolute Gasteiger partial charge is 0.271 e. The fourth-order valence-corrected chi connectivity index (χ4v) is 1.42. The van der Waals surface area contributed by atoms with E-state index < -0.39 is 0 Å². The van der Waals surface area contributed by atoms with Crippen LogP contribution in [0.25, 0.3) is 0 Å². The Balaban J connectivity index is 2.12. The molecule has 0 spiro atoms. The summed E-state index contributed by atoms with van der Waals surface area (Å²) in [6.45, 7) is 0. The van der Waals surface area contributed by atoms with Gasteiger partial charge in [0, 0.05) is 12.6 Å². The van der Waals surface area contributed by atoms with Crippen molar-refractivity contribution in [2.75, 3.05) is 0 Å². The number of tetrazole rings is 1. The topological polar surface area (TPSA) is 94.5 Å². The molecule has 0 bridgehead atoms. The van der Waals surface area contributed by atoms with Gasteiger partial charge in [-0.05, 0) is 17.3 Å². The molecule has 0 aliphatic carbocycles. The third kappa shape index (κ3) is 2.38. The van der Waals surface area contributed by atoms with Crippen LogP contribution in [0.15, 0.2) is 24.4 Å². The van der Waals surface area contributed by atoms with Crippen LogP contribution in [0, 0.1) is 0 Å². The zero-order valence-electron chi connectivity index (χ0n) is 8.91. The van der Waals surface area contributed by atoms with Gasteiger partial charge in [0.05, 0.1) is 18.8 Å². The van der Waals surface area contributed by atoms with E-state index in [0.29, 0.717) is 12.2 Å². The van der Waals surface area contributed by atoms with E-state index in [9.17, 15) is 0 Å². The summed E-state index contributed by atoms with van der Waals surface area (Å²) < 4.78 is 0. The van der Waals surface area contributed by atoms with Gasteiger partial charge >= 0.3 is 0 Å². The van der Waals surface area contributed by atoms with E-state index in [1.54, 1.807) is 13.2 Å². The Labute approximate surface area is 92.6 Å². The minimum atomic E-state index is -0.106. The third-order valence-corrected chi connectivity index (χ3v) is 2.18. The second-order valence-corrected chi connectivity index (χ2v) is 3.37. The maximum atomic E-state index is 5.49. The predicted molar refractivity (Wildman–Crippen MR) is 56.8 cm³/mol. The van der Waals surface area contributed by atoms with Crippen LogP contribution in [0.4, 0.5) is 0 Å². The number of nitrogens with zero attached hydrogens (tertiary/aromatic N) is 5. The van der Waals surface area contributed by atoms with Crippen LogP contribution in [0.5, 0.6) is 0 Å². The van der Waals surface area contributed by atoms with Crippen molar-refractivity contribution < 1.29 is 0 Å². The molecule has 2 aromatic heterocycles. The molecule has 0 radical (unpaired) electrons. The summed E-state index contributed by atoms with van der Waals surface area (Å²) in [4.78, 5) is 5.65. The maximum absolute atomic E-state index is 5.49. The van der Waals surface area contributed by atoms with Crippen LogP contribution >= 0.6 is 0 Å². The van der Waals surface area contributed by atoms with Crippen molar-refractivity contribution in [1.82, 2.24) is 30.6 Å². The van der Waals surface area contributed by atoms with Crippen molar-refractivity contribution >= 4 is 0 Å². The van der Waals surface area contributed by atoms with Crippen molar-refractivity contribution in [3.63, 3.8) is 0 Å². The molecule has 0 saturated carbocycles. The van der Waals surface area contributed by atoms with E-state index in [-0.39, 0.29) is 6.04 Å². The molecular weight excluding hydrogens is 206 g/mol. The third-order valence-electron chi connectivity index (χ3n) is 2.18. The predicted octanol–water partition coefficient (Wildman–Crippen LogP) is -0.648. The summed E-state index contributed by atoms with van der Waals surface area (Å²) in [7, 11) is 1.72. The SMILES string of the molecule is Cn1nnc(CC(NN)c2ccccn2)n1. The quantitative estimate of drug-likeness (QED) is 0.524. The lowest BCUT2D eigenvalue weighted by molar-refractivity contribution is 0.524. The van der Waals surface area contributed by atoms with Crippen molar-refractivity contribution in [3.05, 3.63) is 35.9 Å². The van der Waals surface area contributed by atoms with Gasteiger partial charge in [-0.25, -0.2) is 0 Å². The lowest BCUT2D eigenvalue weighted by Gasteiger charge is -2.12. The fourth-order valence-electron chi connectivity index (χ4n) is 1.42. The Bertz CT molecular complexity index is 438. The monoisotopic (exact) mass is 219 g/mol. The molecule has 7 heteroatoms. The smallest absolute Gasteiger partial charge is 0.176 e. The molecule has 2 rings (SSSR count). The van der Waals surface area contributed by atoms with Crippen LogP contribution in [0.2, 0.25) is 0 Å². The Morgan fingerprint density at radius 1 is 1.50 bits per heavy atom. The summed E-state index contributed by atoms with van der Waals surface area (Å²) in [5.41, 5.74) is 3.56. The summed E-state index contributed by atoms with van der Waals surface area (Å²) >= 11 is 0. The summed E-state index contributed by atoms with van der Waals surface area (Å²) in [5, 5.41) is 11.8. The normalized spacial score (nSPS) is 12.6. The Hall–Kier alpha value is -1.86. The van der Waals surface area contributed by atoms with Crippen molar-refractivity contribution in [3.8, 4) is 0 Å². The average Bonchev–Trinajstić information content (AvgIpc) is 2.73. The Morgan fingerprint density at radius 3 is 2.94 bits per heavy atom. The molecule has 7 nitrogen and oxygen atoms in total. The number of rotatable bonds is 4. The van der Waals surface area contributed by atoms with Gasteiger partial charge in [-0.2, -0.15) is 4.80 Å². The number of pyridine rings is 1. The van der Waals surface area contributed by atoms with Gasteiger partial charge in [-0.3, -0.25) is 16.3 Å². The lowest BCUT2D eigenvalue weighted by Crippen LogP contribution is -2.30. The first-order valence-corrected chi connectivity index (χ1v) is 4.89. The molecule has 1 atom stereocenters. The Morgan fingerprint density at radius 2 is 2.38 bits per heavy atom. The number of hydrazine groups is 1. The average molecular weight is 219 g/mol. The van der Waals surface area contributed by atoms with Crippen molar-refractivity contribution in [2.45, 2.75) is 12.5 Å². The zero-order chi connectivity index (χ0) is 11.4. The van der Waals surface area contributed by atoms with Crippen LogP contribution in [-0.4, -0.2) is 25.2 Å². The number of nitrogens with two attached hydrogens (primary N) is 1. The van der Waals surface area contributed by atoms with Crippen LogP contribution < -0.4 is 11.3 Å². The number of hydrogen-bond acceptors (Lipinski definition) is 6. The van der Waals surface area contributed by atoms with Crippen molar-refractivity contribution in [1.29, 1.82) is 0 Å². The number of aromatic nitrogens is 5. The van der Waals surface area contributed by atoms with Crippen LogP contribution in [-0.2, 0) is 13.5 Å². The first kappa shape index (κ1) is 10.7. The highest BCUT2D eigenvalue weighted by atomic mass is 15.6. The van der Waals surface area contributed by atoms with E-state index in [1.165, 1.54) is 4.80 Å². The van der Waals surface area contributed by atoms with Gasteiger partial charge in [-0.15, -0.1) is 10.2 Å². The second-order valence-electron chi connectivity index (χ2n) is 3.37. The van der Waals surface area contributed by atoms with Gasteiger partial charge in [-0.1, -0.05) is 6.07 Å². The molecule has 84 valence electrons. The zero-order valence-corrected chi connectivity index (χ0v) is 8.91. The first-order valence-electron chi connectivity index (χ1n) is 4.89. The molecule has 16 heavy (non-hydrogen) atoms. The molecule has 0 amide bonds. The molecular formula is C9H13N7. The summed E-state index contributed by atoms with van der Waals surface area (Å²) in [6, 6.07) is 5.57. The fraction of sp³-hybridized carbons (Fsp3) is 0.333. The van der Waals surface area contributed by atoms with Gasteiger partial charge in [0.1, 0.15) is 0 Å². The van der Waals surface area contributed by atoms with Gasteiger partial charge in [0.15, 0.2) is 5.82 Å². The molecule has 0 aromatic carbocycles. The van der Waals surface area contributed by atoms with Gasteiger partial charge in [0.2, 0.25) is 0 Å². The molecule has 0 fully saturated rings. The Kier molecular flexibility index (Phi) is 3.18. The molecule has 0 aliphatic heterocycles. The summed E-state index contributed by atoms with van der Waals surface area (Å²) in [6.07, 6.45) is 2.28. The molecule has 0 saturated heterocycles. The summed E-state index contributed by atoms with van der Waals surface area (Å²) in [5.74, 6) is 6.12. The van der Waals surface area contributed by atoms with E-state index >= 15 is 0 Å². The van der Waals surface area contributed by atoms with E-state index in [1.807, 2.05) is 18.2 Å². The molecule has 2 heterocycles. The van der Waals surface area contributed by atoms with Crippen LogP contribution in [0.3, 0.4) is 0 Å². The van der Waals surface area contributed by atoms with E-state index in [2.05, 4.69) is 25.8 Å². The van der Waals surface area contributed by atoms with E-state index in [4.69, 9.17) is 5.84 Å². The highest BCUT2D eigenvalue weighted by molar-refractivity contribution is 5.10. The van der Waals surface area contributed by atoms with Gasteiger partial charge in [0.25, 0.3) is 0 Å². The van der Waals surface area contributed by atoms with Crippen LogP contribution in [0.1, 0.15) is 17.6 Å². The number of aryl methyl sites for hydroxylation is 1. The second kappa shape index (κ2) is 4.77. The minimum absolute atomic E-state index is 0.106. The van der Waals surface area contributed by atoms with Crippen molar-refractivity contribution in [2.24, 2.45) is 12.9 Å². The first-order chi connectivity index (χ1) is 7.79. The minimum Gasteiger partial charge on any atom is -0.271 e. The molecule has 1 unspecified atom stereocenters. The number of nitrogens with one attached hydrogen (secondary N) is 1. The van der Waals surface area contributed by atoms with E-state index in [0.717, 1.165) is 5.69 Å². The highest BCUT2D eigenvalue weighted by Crippen LogP contribution is 2.12. The lowest BCUT2D eigenvalue weighted by atomic mass is 10.1. The number of hydrogen-bond donors (Lipinski definition) is 2.